The van der Waals surface area contributed by atoms with Crippen molar-refractivity contribution >= 4 is 16.9 Å². The number of fused-ring (bicyclic) bond motifs is 3. The molecule has 0 radical (unpaired) electrons. The number of hydrogen-bond donors (Lipinski definition) is 2. The molecule has 4 fully saturated rings. The topological polar surface area (TPSA) is 49.7 Å². The molecule has 1 saturated heterocycles. The van der Waals surface area contributed by atoms with Crippen LogP contribution >= 0.6 is 0 Å². The molecule has 1 aliphatic heterocycles. The minimum absolute atomic E-state index is 0.125. The average molecular weight is 303 g/mol. The first-order chi connectivity index (χ1) is 10.8. The highest BCUT2D eigenvalue weighted by Crippen LogP contribution is 2.49. The maximum absolute atomic E-state index is 14.6. The first kappa shape index (κ1) is 12.9. The molecule has 1 atom stereocenters. The molecule has 22 heavy (non-hydrogen) atoms. The summed E-state index contributed by atoms with van der Waals surface area (Å²) in [5.74, 6) is 0.902. The van der Waals surface area contributed by atoms with Crippen LogP contribution < -0.4 is 16.1 Å². The number of nitrogens with zero attached hydrogens (tertiary/aromatic N) is 1. The first-order valence-corrected chi connectivity index (χ1v) is 7.94. The summed E-state index contributed by atoms with van der Waals surface area (Å²) in [7, 11) is 0. The van der Waals surface area contributed by atoms with Gasteiger partial charge in [0.2, 0.25) is 0 Å². The average Bonchev–Trinajstić information content (AvgIpc) is 3.11. The van der Waals surface area contributed by atoms with Crippen LogP contribution in [-0.2, 0) is 4.84 Å². The molecule has 116 valence electrons. The molecular formula is C16H18FN3O2. The van der Waals surface area contributed by atoms with Gasteiger partial charge in [0, 0.05) is 5.92 Å². The van der Waals surface area contributed by atoms with E-state index in [1.807, 2.05) is 6.07 Å². The number of hydrazine groups is 2. The smallest absolute Gasteiger partial charge is 0.264 e. The normalized spacial score (nSPS) is 34.1. The quantitative estimate of drug-likeness (QED) is 0.847. The van der Waals surface area contributed by atoms with Gasteiger partial charge in [0.25, 0.3) is 5.88 Å². The van der Waals surface area contributed by atoms with Gasteiger partial charge in [0.05, 0.1) is 5.39 Å². The Kier molecular flexibility index (Phi) is 2.60. The number of para-hydroxylation sites is 1. The van der Waals surface area contributed by atoms with Gasteiger partial charge in [0.1, 0.15) is 5.58 Å². The minimum Gasteiger partial charge on any atom is -0.435 e. The molecule has 2 N–H and O–H groups in total. The van der Waals surface area contributed by atoms with Gasteiger partial charge < -0.3 is 4.42 Å². The fourth-order valence-electron chi connectivity index (χ4n) is 4.29. The second-order valence-electron chi connectivity index (χ2n) is 6.67. The largest absolute Gasteiger partial charge is 0.435 e. The summed E-state index contributed by atoms with van der Waals surface area (Å²) in [5, 5.41) is 1.93. The first-order valence-electron chi connectivity index (χ1n) is 7.94. The minimum atomic E-state index is -0.424. The number of hydrogen-bond acceptors (Lipinski definition) is 5. The Labute approximate surface area is 127 Å². The summed E-state index contributed by atoms with van der Waals surface area (Å²) < 4.78 is 20.2. The molecule has 1 aromatic carbocycles. The molecule has 1 aromatic heterocycles. The van der Waals surface area contributed by atoms with E-state index in [1.54, 1.807) is 18.2 Å². The van der Waals surface area contributed by atoms with Crippen molar-refractivity contribution in [2.24, 2.45) is 11.8 Å². The highest BCUT2D eigenvalue weighted by atomic mass is 19.1. The van der Waals surface area contributed by atoms with Crippen molar-refractivity contribution in [2.75, 3.05) is 5.12 Å². The van der Waals surface area contributed by atoms with E-state index in [9.17, 15) is 4.39 Å². The summed E-state index contributed by atoms with van der Waals surface area (Å²) in [6.45, 7) is 0. The second kappa shape index (κ2) is 4.44. The number of halogens is 1. The van der Waals surface area contributed by atoms with Gasteiger partial charge in [-0.25, -0.2) is 4.39 Å². The zero-order valence-electron chi connectivity index (χ0n) is 12.1. The summed E-state index contributed by atoms with van der Waals surface area (Å²) in [6.07, 6.45) is 5.83. The van der Waals surface area contributed by atoms with Crippen LogP contribution in [0.5, 0.6) is 0 Å². The monoisotopic (exact) mass is 303 g/mol. The van der Waals surface area contributed by atoms with Gasteiger partial charge in [0.15, 0.2) is 11.5 Å². The Morgan fingerprint density at radius 3 is 2.73 bits per heavy atom. The summed E-state index contributed by atoms with van der Waals surface area (Å²) in [6, 6.07) is 7.11. The van der Waals surface area contributed by atoms with E-state index in [4.69, 9.17) is 9.25 Å². The van der Waals surface area contributed by atoms with Crippen molar-refractivity contribution < 1.29 is 13.6 Å². The fourth-order valence-corrected chi connectivity index (χ4v) is 4.29. The molecule has 3 aliphatic carbocycles. The molecule has 2 aromatic rings. The Balaban J connectivity index is 1.48. The van der Waals surface area contributed by atoms with Crippen molar-refractivity contribution in [2.45, 2.75) is 37.8 Å². The van der Waals surface area contributed by atoms with Crippen LogP contribution in [0.2, 0.25) is 0 Å². The van der Waals surface area contributed by atoms with E-state index in [1.165, 1.54) is 18.0 Å². The zero-order valence-corrected chi connectivity index (χ0v) is 12.1. The van der Waals surface area contributed by atoms with E-state index in [2.05, 4.69) is 11.0 Å². The molecule has 1 spiro atoms. The van der Waals surface area contributed by atoms with E-state index in [0.717, 1.165) is 19.3 Å². The number of benzene rings is 1. The lowest BCUT2D eigenvalue weighted by atomic mass is 9.66. The summed E-state index contributed by atoms with van der Waals surface area (Å²) >= 11 is 0. The van der Waals surface area contributed by atoms with Crippen molar-refractivity contribution in [1.29, 1.82) is 0 Å². The Morgan fingerprint density at radius 2 is 2.00 bits per heavy atom. The fraction of sp³-hybridized carbons (Fsp3) is 0.500. The van der Waals surface area contributed by atoms with E-state index >= 15 is 0 Å². The third kappa shape index (κ3) is 1.68. The van der Waals surface area contributed by atoms with E-state index in [0.29, 0.717) is 22.8 Å². The van der Waals surface area contributed by atoms with Crippen molar-refractivity contribution in [3.8, 4) is 0 Å². The summed E-state index contributed by atoms with van der Waals surface area (Å²) in [5.41, 5.74) is 6.24. The van der Waals surface area contributed by atoms with Crippen molar-refractivity contribution in [3.63, 3.8) is 0 Å². The van der Waals surface area contributed by atoms with Crippen LogP contribution in [0.4, 0.5) is 10.3 Å². The molecule has 6 rings (SSSR count). The number of anilines is 1. The van der Waals surface area contributed by atoms with Gasteiger partial charge >= 0.3 is 0 Å². The SMILES string of the molecule is Fc1c(N2NOC3(CC4CCC3CC4)N2)oc2ccccc12. The van der Waals surface area contributed by atoms with Gasteiger partial charge in [-0.05, 0) is 50.2 Å². The Bertz CT molecular complexity index is 725. The lowest BCUT2D eigenvalue weighted by molar-refractivity contribution is -0.153. The molecule has 1 unspecified atom stereocenters. The lowest BCUT2D eigenvalue weighted by Gasteiger charge is -2.47. The molecule has 0 amide bonds. The highest BCUT2D eigenvalue weighted by Gasteiger charge is 2.53. The zero-order chi connectivity index (χ0) is 14.7. The predicted octanol–water partition coefficient (Wildman–Crippen LogP) is 3.24. The van der Waals surface area contributed by atoms with Crippen LogP contribution in [0.3, 0.4) is 0 Å². The maximum atomic E-state index is 14.6. The lowest BCUT2D eigenvalue weighted by Crippen LogP contribution is -2.57. The van der Waals surface area contributed by atoms with Crippen molar-refractivity contribution in [1.82, 2.24) is 11.0 Å². The van der Waals surface area contributed by atoms with Gasteiger partial charge in [-0.15, -0.1) is 0 Å². The second-order valence-corrected chi connectivity index (χ2v) is 6.67. The molecular weight excluding hydrogens is 285 g/mol. The van der Waals surface area contributed by atoms with Gasteiger partial charge in [-0.1, -0.05) is 17.7 Å². The van der Waals surface area contributed by atoms with Gasteiger partial charge in [-0.2, -0.15) is 10.5 Å². The molecule has 2 bridgehead atoms. The third-order valence-electron chi connectivity index (χ3n) is 5.44. The van der Waals surface area contributed by atoms with E-state index < -0.39 is 5.72 Å². The maximum Gasteiger partial charge on any atom is 0.264 e. The molecule has 6 heteroatoms. The molecule has 5 nitrogen and oxygen atoms in total. The van der Waals surface area contributed by atoms with Crippen molar-refractivity contribution in [3.05, 3.63) is 30.1 Å². The number of furan rings is 1. The van der Waals surface area contributed by atoms with Crippen LogP contribution in [0.25, 0.3) is 11.0 Å². The van der Waals surface area contributed by atoms with Crippen LogP contribution in [0.15, 0.2) is 28.7 Å². The molecule has 4 aliphatic rings. The number of nitrogens with one attached hydrogen (secondary N) is 2. The van der Waals surface area contributed by atoms with Crippen LogP contribution in [0.1, 0.15) is 32.1 Å². The third-order valence-corrected chi connectivity index (χ3v) is 5.44. The number of rotatable bonds is 1. The Morgan fingerprint density at radius 1 is 1.18 bits per heavy atom. The van der Waals surface area contributed by atoms with Crippen LogP contribution in [-0.4, -0.2) is 5.72 Å². The molecule has 3 saturated carbocycles. The van der Waals surface area contributed by atoms with E-state index in [-0.39, 0.29) is 11.7 Å². The Hall–Kier alpha value is -1.63. The van der Waals surface area contributed by atoms with Crippen LogP contribution in [0, 0.1) is 17.7 Å². The standard InChI is InChI=1S/C16H18FN3O2/c17-14-12-3-1-2-4-13(12)21-15(14)20-18-16(22-19-20)9-10-5-7-11(16)8-6-10/h1-4,10-11,18-19H,5-9H2. The molecule has 2 heterocycles. The highest BCUT2D eigenvalue weighted by molar-refractivity contribution is 5.81. The predicted molar refractivity (Wildman–Crippen MR) is 78.8 cm³/mol. The van der Waals surface area contributed by atoms with Gasteiger partial charge in [-0.3, -0.25) is 4.84 Å². The summed E-state index contributed by atoms with van der Waals surface area (Å²) in [4.78, 5) is 5.87.